The number of pyridine rings is 1. The molecule has 4 heterocycles. The Bertz CT molecular complexity index is 1430. The second-order valence-corrected chi connectivity index (χ2v) is 10.6. The van der Waals surface area contributed by atoms with E-state index in [1.54, 1.807) is 9.47 Å². The van der Waals surface area contributed by atoms with Crippen LogP contribution < -0.4 is 15.5 Å². The van der Waals surface area contributed by atoms with Crippen LogP contribution in [0.4, 0.5) is 13.2 Å². The summed E-state index contributed by atoms with van der Waals surface area (Å²) in [5.74, 6) is -3.07. The van der Waals surface area contributed by atoms with E-state index in [0.717, 1.165) is 12.5 Å². The summed E-state index contributed by atoms with van der Waals surface area (Å²) in [6, 6.07) is 2.19. The fourth-order valence-electron chi connectivity index (χ4n) is 5.63. The lowest BCUT2D eigenvalue weighted by Gasteiger charge is -2.42. The molecule has 0 saturated carbocycles. The molecule has 1 aromatic heterocycles. The van der Waals surface area contributed by atoms with Crippen molar-refractivity contribution in [2.75, 3.05) is 19.8 Å². The number of aromatic nitrogens is 1. The number of benzene rings is 1. The van der Waals surface area contributed by atoms with Gasteiger partial charge in [0.1, 0.15) is 23.9 Å². The van der Waals surface area contributed by atoms with Crippen LogP contribution in [0, 0.1) is 11.6 Å². The Hall–Kier alpha value is -3.83. The first-order chi connectivity index (χ1) is 19.2. The van der Waals surface area contributed by atoms with Crippen molar-refractivity contribution in [3.63, 3.8) is 0 Å². The number of fused-ring (bicyclic) bond motifs is 5. The van der Waals surface area contributed by atoms with Gasteiger partial charge in [-0.25, -0.2) is 13.2 Å². The number of oxime groups is 1. The van der Waals surface area contributed by atoms with Gasteiger partial charge < -0.3 is 24.4 Å². The lowest BCUT2D eigenvalue weighted by molar-refractivity contribution is -0.0656. The number of nitrogens with one attached hydrogen (secondary N) is 1. The number of nitrogens with zero attached hydrogens (tertiary/aromatic N) is 3. The maximum absolute atomic E-state index is 14.2. The highest BCUT2D eigenvalue weighted by Crippen LogP contribution is 2.46. The average Bonchev–Trinajstić information content (AvgIpc) is 3.31. The van der Waals surface area contributed by atoms with Gasteiger partial charge in [-0.15, -0.1) is 0 Å². The molecule has 9 nitrogen and oxygen atoms in total. The van der Waals surface area contributed by atoms with Gasteiger partial charge in [0.2, 0.25) is 5.43 Å². The number of alkyl halides is 1. The first-order valence-electron chi connectivity index (χ1n) is 13.4. The van der Waals surface area contributed by atoms with E-state index in [-0.39, 0.29) is 60.4 Å². The molecular weight excluding hydrogens is 529 g/mol. The molecule has 0 aliphatic carbocycles. The van der Waals surface area contributed by atoms with Gasteiger partial charge in [0.25, 0.3) is 11.8 Å². The molecule has 1 spiro atoms. The largest absolute Gasteiger partial charge is 0.487 e. The van der Waals surface area contributed by atoms with Crippen molar-refractivity contribution in [3.8, 4) is 5.75 Å². The normalized spacial score (nSPS) is 23.4. The number of halogens is 3. The van der Waals surface area contributed by atoms with E-state index < -0.39 is 47.2 Å². The summed E-state index contributed by atoms with van der Waals surface area (Å²) in [7, 11) is 0. The van der Waals surface area contributed by atoms with E-state index in [2.05, 4.69) is 10.5 Å². The van der Waals surface area contributed by atoms with Crippen LogP contribution in [0.3, 0.4) is 0 Å². The Labute approximate surface area is 228 Å². The van der Waals surface area contributed by atoms with E-state index in [4.69, 9.17) is 9.57 Å². The molecule has 3 aliphatic rings. The standard InChI is InChI=1S/C28H31F3N4O5/c1-3-4-9-39-25-23-27(38)34-15-22(28(8-7-16(34)2)11-19(12-29)33-40-28)35(23)14-20(24(25)36)26(37)32-13-17-5-6-18(30)10-21(17)31/h5-6,10,14,16,22H,3-4,7-9,11-13,15H2,1-2H3,(H,32,37)/t16-,22+,28-/m0/s1. The van der Waals surface area contributed by atoms with Crippen molar-refractivity contribution in [2.24, 2.45) is 5.16 Å². The molecule has 3 aliphatic heterocycles. The highest BCUT2D eigenvalue weighted by atomic mass is 19.1. The summed E-state index contributed by atoms with van der Waals surface area (Å²) in [4.78, 5) is 48.2. The molecule has 1 fully saturated rings. The highest BCUT2D eigenvalue weighted by Gasteiger charge is 2.54. The second-order valence-electron chi connectivity index (χ2n) is 10.6. The maximum Gasteiger partial charge on any atom is 0.274 e. The fourth-order valence-corrected chi connectivity index (χ4v) is 5.63. The zero-order valence-corrected chi connectivity index (χ0v) is 22.3. The van der Waals surface area contributed by atoms with E-state index >= 15 is 0 Å². The Balaban J connectivity index is 1.59. The zero-order chi connectivity index (χ0) is 28.6. The van der Waals surface area contributed by atoms with Crippen molar-refractivity contribution < 1.29 is 32.3 Å². The molecular formula is C28H31F3N4O5. The molecule has 0 unspecified atom stereocenters. The van der Waals surface area contributed by atoms with Gasteiger partial charge in [-0.3, -0.25) is 14.4 Å². The van der Waals surface area contributed by atoms with E-state index in [0.29, 0.717) is 25.3 Å². The molecule has 2 aromatic rings. The topological polar surface area (TPSA) is 102 Å². The van der Waals surface area contributed by atoms with Crippen LogP contribution in [0.25, 0.3) is 0 Å². The van der Waals surface area contributed by atoms with Crippen molar-refractivity contribution in [1.29, 1.82) is 0 Å². The minimum atomic E-state index is -0.985. The van der Waals surface area contributed by atoms with Crippen LogP contribution in [0.2, 0.25) is 0 Å². The number of rotatable bonds is 8. The molecule has 3 atom stereocenters. The van der Waals surface area contributed by atoms with Crippen LogP contribution in [0.15, 0.2) is 34.3 Å². The summed E-state index contributed by atoms with van der Waals surface area (Å²) in [6.07, 6.45) is 3.92. The molecule has 2 amide bonds. The summed E-state index contributed by atoms with van der Waals surface area (Å²) >= 11 is 0. The fraction of sp³-hybridized carbons (Fsp3) is 0.500. The molecule has 1 aromatic carbocycles. The van der Waals surface area contributed by atoms with Crippen LogP contribution in [0.5, 0.6) is 5.75 Å². The SMILES string of the molecule is CCCCOc1c2n(cc(C(=O)NCc3ccc(F)cc3F)c1=O)[C@@H]1CN(C2=O)[C@@H](C)CC[C@]12CC(CF)=NO2. The predicted octanol–water partition coefficient (Wildman–Crippen LogP) is 3.90. The first-order valence-corrected chi connectivity index (χ1v) is 13.4. The monoisotopic (exact) mass is 560 g/mol. The summed E-state index contributed by atoms with van der Waals surface area (Å²) in [6.45, 7) is 3.13. The van der Waals surface area contributed by atoms with Gasteiger partial charge in [0, 0.05) is 43.4 Å². The minimum absolute atomic E-state index is 0.00362. The molecule has 40 heavy (non-hydrogen) atoms. The Morgan fingerprint density at radius 1 is 1.30 bits per heavy atom. The van der Waals surface area contributed by atoms with Crippen molar-refractivity contribution in [3.05, 3.63) is 63.1 Å². The number of ether oxygens (including phenoxy) is 1. The van der Waals surface area contributed by atoms with Gasteiger partial charge in [-0.1, -0.05) is 24.6 Å². The third kappa shape index (κ3) is 4.84. The minimum Gasteiger partial charge on any atom is -0.487 e. The van der Waals surface area contributed by atoms with Crippen LogP contribution in [-0.2, 0) is 11.4 Å². The van der Waals surface area contributed by atoms with Crippen LogP contribution in [-0.4, -0.2) is 58.5 Å². The molecule has 2 bridgehead atoms. The summed E-state index contributed by atoms with van der Waals surface area (Å²) in [5, 5.41) is 6.48. The van der Waals surface area contributed by atoms with Crippen molar-refractivity contribution >= 4 is 17.5 Å². The molecule has 0 radical (unpaired) electrons. The number of amides is 2. The quantitative estimate of drug-likeness (QED) is 0.494. The Morgan fingerprint density at radius 2 is 2.10 bits per heavy atom. The summed E-state index contributed by atoms with van der Waals surface area (Å²) in [5.41, 5.74) is -1.78. The van der Waals surface area contributed by atoms with Gasteiger partial charge in [-0.05, 0) is 32.3 Å². The van der Waals surface area contributed by atoms with E-state index in [1.165, 1.54) is 12.3 Å². The van der Waals surface area contributed by atoms with Gasteiger partial charge in [0.15, 0.2) is 17.0 Å². The average molecular weight is 561 g/mol. The van der Waals surface area contributed by atoms with Crippen LogP contribution in [0.1, 0.15) is 78.4 Å². The number of hydrogen-bond donors (Lipinski definition) is 1. The van der Waals surface area contributed by atoms with E-state index in [1.807, 2.05) is 13.8 Å². The molecule has 1 saturated heterocycles. The van der Waals surface area contributed by atoms with Gasteiger partial charge in [-0.2, -0.15) is 0 Å². The predicted molar refractivity (Wildman–Crippen MR) is 139 cm³/mol. The number of hydrogen-bond acceptors (Lipinski definition) is 6. The Kier molecular flexibility index (Phi) is 7.61. The zero-order valence-electron chi connectivity index (χ0n) is 22.3. The molecule has 214 valence electrons. The van der Waals surface area contributed by atoms with Crippen LogP contribution >= 0.6 is 0 Å². The number of carbonyl (C=O) groups is 2. The lowest BCUT2D eigenvalue weighted by atomic mass is 9.84. The Morgan fingerprint density at radius 3 is 2.80 bits per heavy atom. The van der Waals surface area contributed by atoms with Crippen molar-refractivity contribution in [2.45, 2.75) is 70.2 Å². The maximum atomic E-state index is 14.2. The second kappa shape index (κ2) is 11.0. The first kappa shape index (κ1) is 27.7. The third-order valence-corrected chi connectivity index (χ3v) is 7.94. The smallest absolute Gasteiger partial charge is 0.274 e. The molecule has 5 rings (SSSR count). The lowest BCUT2D eigenvalue weighted by Crippen LogP contribution is -2.52. The number of carbonyl (C=O) groups excluding carboxylic acids is 2. The summed E-state index contributed by atoms with van der Waals surface area (Å²) < 4.78 is 48.5. The van der Waals surface area contributed by atoms with Crippen molar-refractivity contribution in [1.82, 2.24) is 14.8 Å². The van der Waals surface area contributed by atoms with E-state index in [9.17, 15) is 27.6 Å². The molecule has 12 heteroatoms. The molecule has 1 N–H and O–H groups in total. The van der Waals surface area contributed by atoms with Gasteiger partial charge >= 0.3 is 0 Å². The highest BCUT2D eigenvalue weighted by molar-refractivity contribution is 5.99. The third-order valence-electron chi connectivity index (χ3n) is 7.94. The van der Waals surface area contributed by atoms with Gasteiger partial charge in [0.05, 0.1) is 18.4 Å². The number of unbranched alkanes of at least 4 members (excludes halogenated alkanes) is 1.